The molecule has 6 heteroatoms. The lowest BCUT2D eigenvalue weighted by Crippen LogP contribution is -2.53. The van der Waals surface area contributed by atoms with E-state index < -0.39 is 0 Å². The molecule has 1 amide bonds. The molecule has 0 spiro atoms. The van der Waals surface area contributed by atoms with E-state index in [2.05, 4.69) is 48.3 Å². The lowest BCUT2D eigenvalue weighted by molar-refractivity contribution is -0.130. The number of carbonyl (C=O) groups excluding carboxylic acids is 1. The third-order valence-electron chi connectivity index (χ3n) is 4.26. The number of amides is 1. The first kappa shape index (κ1) is 20.7. The molecule has 134 valence electrons. The van der Waals surface area contributed by atoms with Gasteiger partial charge < -0.3 is 15.1 Å². The van der Waals surface area contributed by atoms with E-state index in [0.717, 1.165) is 45.1 Å². The number of nitrogens with zero attached hydrogens (tertiary/aromatic N) is 3. The highest BCUT2D eigenvalue weighted by Crippen LogP contribution is 2.11. The Morgan fingerprint density at radius 1 is 1.08 bits per heavy atom. The molecule has 2 rings (SSSR count). The number of aliphatic imine (C=N–C) groups is 1. The second kappa shape index (κ2) is 10.5. The van der Waals surface area contributed by atoms with Gasteiger partial charge in [-0.3, -0.25) is 4.79 Å². The fraction of sp³-hybridized carbons (Fsp3) is 0.556. The smallest absolute Gasteiger partial charge is 0.219 e. The van der Waals surface area contributed by atoms with E-state index in [9.17, 15) is 4.79 Å². The summed E-state index contributed by atoms with van der Waals surface area (Å²) in [4.78, 5) is 20.4. The molecule has 24 heavy (non-hydrogen) atoms. The van der Waals surface area contributed by atoms with Gasteiger partial charge in [-0.15, -0.1) is 24.0 Å². The third-order valence-corrected chi connectivity index (χ3v) is 4.26. The van der Waals surface area contributed by atoms with Gasteiger partial charge in [-0.25, -0.2) is 4.99 Å². The second-order valence-electron chi connectivity index (χ2n) is 5.79. The zero-order valence-electron chi connectivity index (χ0n) is 14.9. The average molecular weight is 444 g/mol. The van der Waals surface area contributed by atoms with Gasteiger partial charge in [-0.2, -0.15) is 0 Å². The average Bonchev–Trinajstić information content (AvgIpc) is 2.59. The summed E-state index contributed by atoms with van der Waals surface area (Å²) >= 11 is 0. The summed E-state index contributed by atoms with van der Waals surface area (Å²) in [5, 5.41) is 3.38. The number of carbonyl (C=O) groups is 1. The molecule has 0 radical (unpaired) electrons. The molecule has 1 aromatic rings. The van der Waals surface area contributed by atoms with Crippen LogP contribution in [0.2, 0.25) is 0 Å². The summed E-state index contributed by atoms with van der Waals surface area (Å²) < 4.78 is 0. The van der Waals surface area contributed by atoms with Gasteiger partial charge in [0, 0.05) is 39.6 Å². The summed E-state index contributed by atoms with van der Waals surface area (Å²) in [6, 6.07) is 8.48. The minimum absolute atomic E-state index is 0. The SMILES string of the molecule is CCNC(=NCc1ccccc1CC)N1CCN(C(C)=O)CC1.I. The predicted molar refractivity (Wildman–Crippen MR) is 110 cm³/mol. The number of guanidine groups is 1. The quantitative estimate of drug-likeness (QED) is 0.441. The number of hydrogen-bond acceptors (Lipinski definition) is 2. The van der Waals surface area contributed by atoms with Crippen molar-refractivity contribution in [2.24, 2.45) is 4.99 Å². The zero-order chi connectivity index (χ0) is 16.7. The summed E-state index contributed by atoms with van der Waals surface area (Å²) in [5.74, 6) is 1.10. The van der Waals surface area contributed by atoms with Crippen LogP contribution < -0.4 is 5.32 Å². The van der Waals surface area contributed by atoms with E-state index in [1.54, 1.807) is 6.92 Å². The molecule has 1 N–H and O–H groups in total. The Morgan fingerprint density at radius 3 is 2.21 bits per heavy atom. The first-order valence-corrected chi connectivity index (χ1v) is 8.51. The van der Waals surface area contributed by atoms with Crippen LogP contribution in [0.15, 0.2) is 29.3 Å². The first-order valence-electron chi connectivity index (χ1n) is 8.51. The lowest BCUT2D eigenvalue weighted by atomic mass is 10.1. The molecular formula is C18H29IN4O. The Bertz CT molecular complexity index is 554. The van der Waals surface area contributed by atoms with E-state index in [1.165, 1.54) is 11.1 Å². The molecule has 1 saturated heterocycles. The van der Waals surface area contributed by atoms with Gasteiger partial charge in [-0.05, 0) is 24.5 Å². The molecule has 1 aromatic carbocycles. The van der Waals surface area contributed by atoms with Gasteiger partial charge in [0.25, 0.3) is 0 Å². The van der Waals surface area contributed by atoms with Crippen molar-refractivity contribution in [3.8, 4) is 0 Å². The molecule has 1 fully saturated rings. The van der Waals surface area contributed by atoms with Gasteiger partial charge in [0.1, 0.15) is 0 Å². The minimum Gasteiger partial charge on any atom is -0.357 e. The Labute approximate surface area is 162 Å². The molecule has 0 atom stereocenters. The fourth-order valence-electron chi connectivity index (χ4n) is 2.88. The van der Waals surface area contributed by atoms with Gasteiger partial charge in [0.15, 0.2) is 5.96 Å². The van der Waals surface area contributed by atoms with Crippen LogP contribution >= 0.6 is 24.0 Å². The number of halogens is 1. The summed E-state index contributed by atoms with van der Waals surface area (Å²) in [7, 11) is 0. The van der Waals surface area contributed by atoms with Gasteiger partial charge in [-0.1, -0.05) is 31.2 Å². The van der Waals surface area contributed by atoms with Crippen molar-refractivity contribution in [3.05, 3.63) is 35.4 Å². The van der Waals surface area contributed by atoms with Crippen LogP contribution in [0, 0.1) is 0 Å². The second-order valence-corrected chi connectivity index (χ2v) is 5.79. The number of benzene rings is 1. The highest BCUT2D eigenvalue weighted by Gasteiger charge is 2.20. The van der Waals surface area contributed by atoms with E-state index in [4.69, 9.17) is 4.99 Å². The lowest BCUT2D eigenvalue weighted by Gasteiger charge is -2.36. The zero-order valence-corrected chi connectivity index (χ0v) is 17.2. The number of nitrogens with one attached hydrogen (secondary N) is 1. The van der Waals surface area contributed by atoms with E-state index in [0.29, 0.717) is 6.54 Å². The maximum Gasteiger partial charge on any atom is 0.219 e. The molecule has 1 aliphatic rings. The molecule has 0 aromatic heterocycles. The van der Waals surface area contributed by atoms with E-state index in [-0.39, 0.29) is 29.9 Å². The molecule has 1 aliphatic heterocycles. The fourth-order valence-corrected chi connectivity index (χ4v) is 2.88. The largest absolute Gasteiger partial charge is 0.357 e. The van der Waals surface area contributed by atoms with Gasteiger partial charge in [0.2, 0.25) is 5.91 Å². The van der Waals surface area contributed by atoms with Crippen molar-refractivity contribution < 1.29 is 4.79 Å². The topological polar surface area (TPSA) is 47.9 Å². The molecule has 0 bridgehead atoms. The number of aryl methyl sites for hydroxylation is 1. The van der Waals surface area contributed by atoms with Crippen LogP contribution in [0.1, 0.15) is 31.9 Å². The maximum absolute atomic E-state index is 11.4. The summed E-state index contributed by atoms with van der Waals surface area (Å²) in [6.07, 6.45) is 1.03. The van der Waals surface area contributed by atoms with Crippen molar-refractivity contribution in [2.45, 2.75) is 33.7 Å². The maximum atomic E-state index is 11.4. The van der Waals surface area contributed by atoms with Crippen LogP contribution in [0.25, 0.3) is 0 Å². The Hall–Kier alpha value is -1.31. The van der Waals surface area contributed by atoms with Crippen molar-refractivity contribution in [2.75, 3.05) is 32.7 Å². The highest BCUT2D eigenvalue weighted by molar-refractivity contribution is 14.0. The molecule has 0 aliphatic carbocycles. The van der Waals surface area contributed by atoms with Crippen molar-refractivity contribution in [3.63, 3.8) is 0 Å². The van der Waals surface area contributed by atoms with Crippen LogP contribution in [0.5, 0.6) is 0 Å². The Balaban J connectivity index is 0.00000288. The minimum atomic E-state index is 0. The van der Waals surface area contributed by atoms with Crippen LogP contribution in [0.4, 0.5) is 0 Å². The van der Waals surface area contributed by atoms with Crippen LogP contribution in [-0.2, 0) is 17.8 Å². The molecule has 0 unspecified atom stereocenters. The monoisotopic (exact) mass is 444 g/mol. The first-order chi connectivity index (χ1) is 11.2. The van der Waals surface area contributed by atoms with Gasteiger partial charge in [0.05, 0.1) is 6.54 Å². The summed E-state index contributed by atoms with van der Waals surface area (Å²) in [5.41, 5.74) is 2.64. The van der Waals surface area contributed by atoms with Crippen molar-refractivity contribution >= 4 is 35.8 Å². The van der Waals surface area contributed by atoms with Crippen LogP contribution in [-0.4, -0.2) is 54.4 Å². The van der Waals surface area contributed by atoms with Crippen LogP contribution in [0.3, 0.4) is 0 Å². The molecular weight excluding hydrogens is 415 g/mol. The predicted octanol–water partition coefficient (Wildman–Crippen LogP) is 2.50. The normalized spacial score (nSPS) is 15.0. The molecule has 1 heterocycles. The number of rotatable bonds is 4. The van der Waals surface area contributed by atoms with Crippen molar-refractivity contribution in [1.29, 1.82) is 0 Å². The highest BCUT2D eigenvalue weighted by atomic mass is 127. The molecule has 0 saturated carbocycles. The summed E-state index contributed by atoms with van der Waals surface area (Å²) in [6.45, 7) is 10.6. The Morgan fingerprint density at radius 2 is 1.67 bits per heavy atom. The van der Waals surface area contributed by atoms with E-state index in [1.807, 2.05) is 4.90 Å². The number of piperazine rings is 1. The number of hydrogen-bond donors (Lipinski definition) is 1. The van der Waals surface area contributed by atoms with Crippen molar-refractivity contribution in [1.82, 2.24) is 15.1 Å². The Kier molecular flexibility index (Phi) is 9.10. The third kappa shape index (κ3) is 5.65. The van der Waals surface area contributed by atoms with Gasteiger partial charge >= 0.3 is 0 Å². The molecule has 5 nitrogen and oxygen atoms in total. The standard InChI is InChI=1S/C18H28N4O.HI/c1-4-16-8-6-7-9-17(16)14-20-18(19-5-2)22-12-10-21(11-13-22)15(3)23;/h6-9H,4-5,10-14H2,1-3H3,(H,19,20);1H. The van der Waals surface area contributed by atoms with E-state index >= 15 is 0 Å².